The molecule has 0 aromatic carbocycles. The van der Waals surface area contributed by atoms with Crippen LogP contribution in [-0.4, -0.2) is 23.6 Å². The highest BCUT2D eigenvalue weighted by Crippen LogP contribution is 2.36. The number of hydrogen-bond acceptors (Lipinski definition) is 2. The van der Waals surface area contributed by atoms with Gasteiger partial charge >= 0.3 is 0 Å². The van der Waals surface area contributed by atoms with Crippen molar-refractivity contribution >= 4 is 11.8 Å². The highest BCUT2D eigenvalue weighted by atomic mass is 32.2. The maximum Gasteiger partial charge on any atom is 0.0214 e. The minimum Gasteiger partial charge on any atom is -0.313 e. The average Bonchev–Trinajstić information content (AvgIpc) is 2.85. The lowest BCUT2D eigenvalue weighted by Gasteiger charge is -2.34. The predicted molar refractivity (Wildman–Crippen MR) is 74.1 cm³/mol. The van der Waals surface area contributed by atoms with Gasteiger partial charge in [-0.2, -0.15) is 11.8 Å². The summed E-state index contributed by atoms with van der Waals surface area (Å²) in [5.41, 5.74) is 0. The summed E-state index contributed by atoms with van der Waals surface area (Å²) in [5.74, 6) is 2.39. The van der Waals surface area contributed by atoms with Crippen LogP contribution in [0, 0.1) is 5.92 Å². The van der Waals surface area contributed by atoms with Gasteiger partial charge in [-0.1, -0.05) is 26.2 Å². The van der Waals surface area contributed by atoms with Crippen molar-refractivity contribution in [1.82, 2.24) is 5.32 Å². The molecule has 2 rings (SSSR count). The highest BCUT2D eigenvalue weighted by Gasteiger charge is 2.32. The van der Waals surface area contributed by atoms with Crippen molar-refractivity contribution < 1.29 is 0 Å². The summed E-state index contributed by atoms with van der Waals surface area (Å²) in [4.78, 5) is 0. The summed E-state index contributed by atoms with van der Waals surface area (Å²) >= 11 is 2.25. The molecule has 2 aliphatic rings. The van der Waals surface area contributed by atoms with Gasteiger partial charge in [-0.05, 0) is 50.3 Å². The molecule has 94 valence electrons. The summed E-state index contributed by atoms with van der Waals surface area (Å²) in [6, 6.07) is 0.827. The zero-order valence-electron chi connectivity index (χ0n) is 10.7. The van der Waals surface area contributed by atoms with Crippen LogP contribution < -0.4 is 5.32 Å². The largest absolute Gasteiger partial charge is 0.313 e. The maximum atomic E-state index is 3.86. The van der Waals surface area contributed by atoms with Crippen LogP contribution in [0.1, 0.15) is 58.3 Å². The van der Waals surface area contributed by atoms with E-state index in [0.29, 0.717) is 0 Å². The molecule has 0 bridgehead atoms. The molecule has 0 aromatic heterocycles. The second kappa shape index (κ2) is 6.90. The van der Waals surface area contributed by atoms with E-state index in [-0.39, 0.29) is 0 Å². The van der Waals surface area contributed by atoms with Crippen LogP contribution in [-0.2, 0) is 0 Å². The first-order valence-electron chi connectivity index (χ1n) is 7.27. The molecule has 1 N–H and O–H groups in total. The fraction of sp³-hybridized carbons (Fsp3) is 1.00. The lowest BCUT2D eigenvalue weighted by atomic mass is 9.92. The molecule has 1 aliphatic carbocycles. The molecule has 1 saturated heterocycles. The smallest absolute Gasteiger partial charge is 0.0214 e. The Morgan fingerprint density at radius 2 is 1.88 bits per heavy atom. The van der Waals surface area contributed by atoms with Crippen LogP contribution in [0.15, 0.2) is 0 Å². The SMILES string of the molecule is CCCNC(C1CCCC1)C1CCCCS1. The van der Waals surface area contributed by atoms with Gasteiger partial charge in [0.2, 0.25) is 0 Å². The number of thioether (sulfide) groups is 1. The minimum atomic E-state index is 0.827. The van der Waals surface area contributed by atoms with Crippen LogP contribution in [0.25, 0.3) is 0 Å². The van der Waals surface area contributed by atoms with E-state index >= 15 is 0 Å². The van der Waals surface area contributed by atoms with Crippen LogP contribution in [0.3, 0.4) is 0 Å². The zero-order chi connectivity index (χ0) is 11.2. The summed E-state index contributed by atoms with van der Waals surface area (Å²) in [5, 5.41) is 4.78. The van der Waals surface area contributed by atoms with Gasteiger partial charge in [0.1, 0.15) is 0 Å². The second-order valence-corrected chi connectivity index (χ2v) is 6.78. The fourth-order valence-corrected chi connectivity index (χ4v) is 4.81. The first kappa shape index (κ1) is 12.8. The quantitative estimate of drug-likeness (QED) is 0.785. The molecule has 0 amide bonds. The van der Waals surface area contributed by atoms with E-state index in [4.69, 9.17) is 0 Å². The summed E-state index contributed by atoms with van der Waals surface area (Å²) < 4.78 is 0. The Balaban J connectivity index is 1.89. The number of hydrogen-bond donors (Lipinski definition) is 1. The van der Waals surface area contributed by atoms with Gasteiger partial charge in [-0.25, -0.2) is 0 Å². The molecule has 1 heterocycles. The molecule has 1 nitrogen and oxygen atoms in total. The topological polar surface area (TPSA) is 12.0 Å². The van der Waals surface area contributed by atoms with Crippen molar-refractivity contribution in [3.63, 3.8) is 0 Å². The zero-order valence-corrected chi connectivity index (χ0v) is 11.5. The molecule has 2 fully saturated rings. The van der Waals surface area contributed by atoms with E-state index in [1.807, 2.05) is 0 Å². The van der Waals surface area contributed by atoms with E-state index < -0.39 is 0 Å². The molecule has 2 unspecified atom stereocenters. The first-order valence-corrected chi connectivity index (χ1v) is 8.31. The maximum absolute atomic E-state index is 3.86. The van der Waals surface area contributed by atoms with E-state index in [2.05, 4.69) is 24.0 Å². The molecule has 0 radical (unpaired) electrons. The lowest BCUT2D eigenvalue weighted by Crippen LogP contribution is -2.44. The Hall–Kier alpha value is 0.310. The standard InChI is InChI=1S/C14H27NS/c1-2-10-15-14(12-7-3-4-8-12)13-9-5-6-11-16-13/h12-15H,2-11H2,1H3. The van der Waals surface area contributed by atoms with Gasteiger partial charge in [0.05, 0.1) is 0 Å². The summed E-state index contributed by atoms with van der Waals surface area (Å²) in [6.45, 7) is 3.50. The highest BCUT2D eigenvalue weighted by molar-refractivity contribution is 8.00. The molecule has 0 aromatic rings. The molecular weight excluding hydrogens is 214 g/mol. The van der Waals surface area contributed by atoms with E-state index in [1.54, 1.807) is 0 Å². The number of rotatable bonds is 5. The van der Waals surface area contributed by atoms with Crippen LogP contribution in [0.4, 0.5) is 0 Å². The third kappa shape index (κ3) is 3.40. The molecular formula is C14H27NS. The Kier molecular flexibility index (Phi) is 5.51. The van der Waals surface area contributed by atoms with E-state index in [1.165, 1.54) is 63.7 Å². The summed E-state index contributed by atoms with van der Waals surface area (Å²) in [6.07, 6.45) is 11.6. The van der Waals surface area contributed by atoms with Gasteiger partial charge in [0.25, 0.3) is 0 Å². The summed E-state index contributed by atoms with van der Waals surface area (Å²) in [7, 11) is 0. The van der Waals surface area contributed by atoms with E-state index in [9.17, 15) is 0 Å². The third-order valence-electron chi connectivity index (χ3n) is 4.15. The average molecular weight is 241 g/mol. The Morgan fingerprint density at radius 3 is 2.50 bits per heavy atom. The Labute approximate surface area is 105 Å². The molecule has 2 heteroatoms. The minimum absolute atomic E-state index is 0.827. The molecule has 1 saturated carbocycles. The predicted octanol–water partition coefficient (Wildman–Crippen LogP) is 3.83. The monoisotopic (exact) mass is 241 g/mol. The van der Waals surface area contributed by atoms with Gasteiger partial charge in [0, 0.05) is 11.3 Å². The van der Waals surface area contributed by atoms with Crippen molar-refractivity contribution in [2.45, 2.75) is 69.6 Å². The van der Waals surface area contributed by atoms with Crippen molar-refractivity contribution in [2.75, 3.05) is 12.3 Å². The first-order chi connectivity index (χ1) is 7.92. The molecule has 1 aliphatic heterocycles. The van der Waals surface area contributed by atoms with E-state index in [0.717, 1.165) is 17.2 Å². The second-order valence-electron chi connectivity index (χ2n) is 5.43. The van der Waals surface area contributed by atoms with Crippen LogP contribution in [0.5, 0.6) is 0 Å². The van der Waals surface area contributed by atoms with Gasteiger partial charge < -0.3 is 5.32 Å². The van der Waals surface area contributed by atoms with Gasteiger partial charge in [0.15, 0.2) is 0 Å². The Bertz CT molecular complexity index is 183. The molecule has 2 atom stereocenters. The van der Waals surface area contributed by atoms with Crippen molar-refractivity contribution in [1.29, 1.82) is 0 Å². The number of nitrogens with one attached hydrogen (secondary N) is 1. The van der Waals surface area contributed by atoms with Crippen molar-refractivity contribution in [3.8, 4) is 0 Å². The van der Waals surface area contributed by atoms with Crippen molar-refractivity contribution in [2.24, 2.45) is 5.92 Å². The Morgan fingerprint density at radius 1 is 1.12 bits per heavy atom. The van der Waals surface area contributed by atoms with Crippen LogP contribution >= 0.6 is 11.8 Å². The van der Waals surface area contributed by atoms with Gasteiger partial charge in [-0.15, -0.1) is 0 Å². The molecule has 16 heavy (non-hydrogen) atoms. The normalized spacial score (nSPS) is 29.4. The fourth-order valence-electron chi connectivity index (χ4n) is 3.28. The lowest BCUT2D eigenvalue weighted by molar-refractivity contribution is 0.337. The van der Waals surface area contributed by atoms with Crippen LogP contribution in [0.2, 0.25) is 0 Å². The molecule has 0 spiro atoms. The van der Waals surface area contributed by atoms with Gasteiger partial charge in [-0.3, -0.25) is 0 Å². The third-order valence-corrected chi connectivity index (χ3v) is 5.63. The van der Waals surface area contributed by atoms with Crippen molar-refractivity contribution in [3.05, 3.63) is 0 Å².